The largest absolute Gasteiger partial charge is 0.494 e. The third kappa shape index (κ3) is 4.86. The maximum absolute atomic E-state index is 13.6. The van der Waals surface area contributed by atoms with E-state index in [4.69, 9.17) is 9.47 Å². The Morgan fingerprint density at radius 2 is 1.78 bits per heavy atom. The molecule has 0 N–H and O–H groups in total. The lowest BCUT2D eigenvalue weighted by atomic mass is 10.0. The summed E-state index contributed by atoms with van der Waals surface area (Å²) in [5, 5.41) is 6.55. The average Bonchev–Trinajstić information content (AvgIpc) is 3.27. The molecule has 0 spiro atoms. The van der Waals surface area contributed by atoms with Crippen molar-refractivity contribution in [2.75, 3.05) is 18.6 Å². The van der Waals surface area contributed by atoms with E-state index in [-0.39, 0.29) is 5.78 Å². The Kier molecular flexibility index (Phi) is 6.78. The quantitative estimate of drug-likeness (QED) is 0.303. The summed E-state index contributed by atoms with van der Waals surface area (Å²) in [7, 11) is 0.889. The van der Waals surface area contributed by atoms with Crippen molar-refractivity contribution < 1.29 is 18.5 Å². The van der Waals surface area contributed by atoms with Crippen LogP contribution in [0.4, 0.5) is 5.69 Å². The van der Waals surface area contributed by atoms with Crippen LogP contribution < -0.4 is 9.47 Å². The van der Waals surface area contributed by atoms with Crippen LogP contribution in [0.5, 0.6) is 11.6 Å². The zero-order chi connectivity index (χ0) is 25.1. The molecule has 8 heteroatoms. The number of hydrogen-bond acceptors (Lipinski definition) is 6. The molecule has 0 atom stereocenters. The summed E-state index contributed by atoms with van der Waals surface area (Å²) in [6.45, 7) is 0.291. The number of carbonyl (C=O) groups is 1. The van der Waals surface area contributed by atoms with Crippen LogP contribution in [0.25, 0.3) is 10.8 Å². The Labute approximate surface area is 211 Å². The lowest BCUT2D eigenvalue weighted by Gasteiger charge is -2.17. The monoisotopic (exact) mass is 503 g/mol. The van der Waals surface area contributed by atoms with Gasteiger partial charge in [-0.25, -0.2) is 8.89 Å². The number of fused-ring (bicyclic) bond motifs is 1. The molecule has 3 aromatic carbocycles. The second-order valence-electron chi connectivity index (χ2n) is 8.98. The molecule has 1 aromatic heterocycles. The summed E-state index contributed by atoms with van der Waals surface area (Å²) >= 11 is 0. The van der Waals surface area contributed by atoms with Gasteiger partial charge in [0.2, 0.25) is 11.7 Å². The number of para-hydroxylation sites is 1. The van der Waals surface area contributed by atoms with Crippen LogP contribution in [0.15, 0.2) is 71.2 Å². The van der Waals surface area contributed by atoms with E-state index in [1.807, 2.05) is 18.2 Å². The smallest absolute Gasteiger partial charge is 0.223 e. The Morgan fingerprint density at radius 3 is 2.56 bits per heavy atom. The molecular weight excluding hydrogens is 474 g/mol. The first-order chi connectivity index (χ1) is 17.5. The highest BCUT2D eigenvalue weighted by Gasteiger charge is 2.25. The maximum atomic E-state index is 13.6. The summed E-state index contributed by atoms with van der Waals surface area (Å²) in [4.78, 5) is 13.6. The van der Waals surface area contributed by atoms with Crippen LogP contribution in [0.2, 0.25) is 0 Å². The minimum Gasteiger partial charge on any atom is -0.494 e. The van der Waals surface area contributed by atoms with E-state index in [0.29, 0.717) is 46.6 Å². The molecule has 5 rings (SSSR count). The molecule has 0 bridgehead atoms. The van der Waals surface area contributed by atoms with Gasteiger partial charge in [-0.05, 0) is 47.4 Å². The van der Waals surface area contributed by atoms with Crippen molar-refractivity contribution in [2.24, 2.45) is 11.4 Å². The molecule has 1 aliphatic rings. The minimum atomic E-state index is -2.35. The number of rotatable bonds is 7. The van der Waals surface area contributed by atoms with Crippen molar-refractivity contribution in [3.05, 3.63) is 83.6 Å². The predicted octanol–water partition coefficient (Wildman–Crippen LogP) is 5.68. The molecule has 0 saturated carbocycles. The number of ether oxygens (including phenoxy) is 2. The Bertz CT molecular complexity index is 1540. The first-order valence-corrected chi connectivity index (χ1v) is 13.9. The first-order valence-electron chi connectivity index (χ1n) is 12.0. The molecule has 0 radical (unpaired) electrons. The van der Waals surface area contributed by atoms with Gasteiger partial charge in [-0.1, -0.05) is 48.9 Å². The number of ketones is 1. The minimum absolute atomic E-state index is 0.288. The number of aryl methyl sites for hydroxylation is 1. The van der Waals surface area contributed by atoms with Crippen LogP contribution >= 0.6 is 0 Å². The Morgan fingerprint density at radius 1 is 1.00 bits per heavy atom. The van der Waals surface area contributed by atoms with Gasteiger partial charge in [-0.3, -0.25) is 4.79 Å². The van der Waals surface area contributed by atoms with Crippen molar-refractivity contribution in [3.63, 3.8) is 0 Å². The highest BCUT2D eigenvalue weighted by atomic mass is 32.2. The zero-order valence-corrected chi connectivity index (χ0v) is 21.3. The standard InChI is InChI=1S/C28H29N3O4S/c1-31-28(35-19-20-13-14-21-9-4-5-10-22(21)17-20)24(18-29-31)26(32)23-11-8-12-25(27(23)34-2)30-36(33)15-6-3-7-16-36/h4-5,8-14,17-18H,3,6-7,15-16,19H2,1-2H3. The SMILES string of the molecule is COc1c(N=S2(=O)CCCCC2)cccc1C(=O)c1cnn(C)c1OCc1ccc2ccccc2c1. The van der Waals surface area contributed by atoms with Gasteiger partial charge >= 0.3 is 0 Å². The lowest BCUT2D eigenvalue weighted by molar-refractivity contribution is 0.103. The van der Waals surface area contributed by atoms with E-state index in [1.54, 1.807) is 29.9 Å². The topological polar surface area (TPSA) is 82.8 Å². The number of aromatic nitrogens is 2. The summed E-state index contributed by atoms with van der Waals surface area (Å²) in [5.41, 5.74) is 2.09. The van der Waals surface area contributed by atoms with Gasteiger partial charge in [0.1, 0.15) is 17.9 Å². The molecule has 4 aromatic rings. The molecule has 0 aliphatic carbocycles. The fraction of sp³-hybridized carbons (Fsp3) is 0.286. The van der Waals surface area contributed by atoms with Crippen LogP contribution in [-0.4, -0.2) is 38.4 Å². The fourth-order valence-corrected chi connectivity index (χ4v) is 6.77. The predicted molar refractivity (Wildman–Crippen MR) is 142 cm³/mol. The van der Waals surface area contributed by atoms with Crippen LogP contribution in [0.1, 0.15) is 40.7 Å². The van der Waals surface area contributed by atoms with Crippen molar-refractivity contribution in [1.82, 2.24) is 9.78 Å². The van der Waals surface area contributed by atoms with E-state index in [1.165, 1.54) is 13.3 Å². The third-order valence-corrected chi connectivity index (χ3v) is 8.84. The van der Waals surface area contributed by atoms with E-state index in [0.717, 1.165) is 35.6 Å². The molecule has 186 valence electrons. The van der Waals surface area contributed by atoms with E-state index in [2.05, 4.69) is 33.7 Å². The summed E-state index contributed by atoms with van der Waals surface area (Å²) in [5.74, 6) is 1.55. The first kappa shape index (κ1) is 24.1. The molecule has 1 aliphatic heterocycles. The fourth-order valence-electron chi connectivity index (χ4n) is 4.57. The van der Waals surface area contributed by atoms with Gasteiger partial charge < -0.3 is 9.47 Å². The molecule has 1 fully saturated rings. The van der Waals surface area contributed by atoms with Crippen molar-refractivity contribution in [1.29, 1.82) is 0 Å². The summed E-state index contributed by atoms with van der Waals surface area (Å²) in [6, 6.07) is 19.5. The maximum Gasteiger partial charge on any atom is 0.223 e. The van der Waals surface area contributed by atoms with Gasteiger partial charge in [-0.15, -0.1) is 0 Å². The lowest BCUT2D eigenvalue weighted by Crippen LogP contribution is -2.16. The molecule has 36 heavy (non-hydrogen) atoms. The average molecular weight is 504 g/mol. The van der Waals surface area contributed by atoms with Crippen molar-refractivity contribution in [3.8, 4) is 11.6 Å². The Hall–Kier alpha value is -3.65. The zero-order valence-electron chi connectivity index (χ0n) is 20.5. The normalized spacial score (nSPS) is 14.9. The van der Waals surface area contributed by atoms with Gasteiger partial charge in [-0.2, -0.15) is 9.46 Å². The van der Waals surface area contributed by atoms with Crippen LogP contribution in [0.3, 0.4) is 0 Å². The number of carbonyl (C=O) groups excluding carboxylic acids is 1. The van der Waals surface area contributed by atoms with Crippen molar-refractivity contribution >= 4 is 32.0 Å². The van der Waals surface area contributed by atoms with E-state index < -0.39 is 9.73 Å². The van der Waals surface area contributed by atoms with E-state index in [9.17, 15) is 9.00 Å². The molecule has 1 saturated heterocycles. The number of benzene rings is 3. The third-order valence-electron chi connectivity index (χ3n) is 6.45. The summed E-state index contributed by atoms with van der Waals surface area (Å²) in [6.07, 6.45) is 4.38. The second-order valence-corrected chi connectivity index (χ2v) is 11.5. The number of methoxy groups -OCH3 is 1. The van der Waals surface area contributed by atoms with Gasteiger partial charge in [0.25, 0.3) is 0 Å². The molecular formula is C28H29N3O4S. The highest BCUT2D eigenvalue weighted by molar-refractivity contribution is 7.93. The van der Waals surface area contributed by atoms with Crippen LogP contribution in [0, 0.1) is 0 Å². The molecule has 7 nitrogen and oxygen atoms in total. The number of hydrogen-bond donors (Lipinski definition) is 0. The molecule has 0 unspecified atom stereocenters. The number of nitrogens with zero attached hydrogens (tertiary/aromatic N) is 3. The molecule has 2 heterocycles. The van der Waals surface area contributed by atoms with Crippen LogP contribution in [-0.2, 0) is 23.4 Å². The highest BCUT2D eigenvalue weighted by Crippen LogP contribution is 2.36. The Balaban J connectivity index is 1.44. The summed E-state index contributed by atoms with van der Waals surface area (Å²) < 4.78 is 31.1. The van der Waals surface area contributed by atoms with Crippen molar-refractivity contribution in [2.45, 2.75) is 25.9 Å². The molecule has 0 amide bonds. The second kappa shape index (κ2) is 10.1. The van der Waals surface area contributed by atoms with Gasteiger partial charge in [0.05, 0.1) is 28.6 Å². The van der Waals surface area contributed by atoms with Gasteiger partial charge in [0.15, 0.2) is 5.75 Å². The van der Waals surface area contributed by atoms with Gasteiger partial charge in [0, 0.05) is 18.6 Å². The van der Waals surface area contributed by atoms with E-state index >= 15 is 0 Å².